The van der Waals surface area contributed by atoms with Crippen LogP contribution in [0.2, 0.25) is 0 Å². The largest absolute Gasteiger partial charge is 0.497 e. The highest BCUT2D eigenvalue weighted by molar-refractivity contribution is 7.90. The Balaban J connectivity index is 1.86. The third kappa shape index (κ3) is 4.42. The Morgan fingerprint density at radius 2 is 1.56 bits per heavy atom. The second kappa shape index (κ2) is 9.11. The van der Waals surface area contributed by atoms with Crippen molar-refractivity contribution in [3.63, 3.8) is 0 Å². The Labute approximate surface area is 197 Å². The first-order valence-corrected chi connectivity index (χ1v) is 11.7. The van der Waals surface area contributed by atoms with Gasteiger partial charge in [0.05, 0.1) is 18.2 Å². The van der Waals surface area contributed by atoms with Gasteiger partial charge in [0.2, 0.25) is 5.78 Å². The summed E-state index contributed by atoms with van der Waals surface area (Å²) in [6, 6.07) is 18.1. The Kier molecular flexibility index (Phi) is 6.21. The van der Waals surface area contributed by atoms with E-state index in [2.05, 4.69) is 4.98 Å². The number of aromatic nitrogens is 2. The highest BCUT2D eigenvalue weighted by Gasteiger charge is 2.26. The molecule has 4 aromatic rings. The lowest BCUT2D eigenvalue weighted by Crippen LogP contribution is -2.14. The number of carbonyl (C=O) groups is 1. The molecule has 0 aliphatic rings. The molecule has 0 saturated carbocycles. The summed E-state index contributed by atoms with van der Waals surface area (Å²) >= 11 is 0. The van der Waals surface area contributed by atoms with Crippen LogP contribution in [-0.2, 0) is 10.0 Å². The summed E-state index contributed by atoms with van der Waals surface area (Å²) in [6.45, 7) is 0. The van der Waals surface area contributed by atoms with Crippen LogP contribution >= 0.6 is 0 Å². The lowest BCUT2D eigenvalue weighted by Gasteiger charge is -2.13. The number of ketones is 1. The van der Waals surface area contributed by atoms with Crippen molar-refractivity contribution in [2.24, 2.45) is 0 Å². The number of nitrogens with zero attached hydrogens (tertiary/aromatic N) is 3. The topological polar surface area (TPSA) is 81.5 Å². The van der Waals surface area contributed by atoms with Gasteiger partial charge in [0.15, 0.2) is 5.82 Å². The molecule has 0 aliphatic heterocycles. The molecule has 0 N–H and O–H groups in total. The fourth-order valence-corrected chi connectivity index (χ4v) is 4.69. The number of ether oxygens (including phenoxy) is 1. The smallest absolute Gasteiger partial charge is 0.269 e. The van der Waals surface area contributed by atoms with Crippen molar-refractivity contribution < 1.29 is 22.3 Å². The van der Waals surface area contributed by atoms with Gasteiger partial charge in [0.1, 0.15) is 17.3 Å². The molecule has 0 saturated heterocycles. The summed E-state index contributed by atoms with van der Waals surface area (Å²) < 4.78 is 46.5. The maximum atomic E-state index is 13.5. The highest BCUT2D eigenvalue weighted by atomic mass is 32.2. The highest BCUT2D eigenvalue weighted by Crippen LogP contribution is 2.28. The van der Waals surface area contributed by atoms with Gasteiger partial charge in [0.25, 0.3) is 10.0 Å². The van der Waals surface area contributed by atoms with E-state index in [0.29, 0.717) is 11.3 Å². The molecule has 7 nitrogen and oxygen atoms in total. The van der Waals surface area contributed by atoms with Crippen molar-refractivity contribution in [3.8, 4) is 17.1 Å². The summed E-state index contributed by atoms with van der Waals surface area (Å²) in [4.78, 5) is 19.3. The zero-order chi connectivity index (χ0) is 24.5. The van der Waals surface area contributed by atoms with E-state index >= 15 is 0 Å². The summed E-state index contributed by atoms with van der Waals surface area (Å²) in [6.07, 6.45) is 1.19. The fourth-order valence-electron chi connectivity index (χ4n) is 3.37. The fraction of sp³-hybridized carbons (Fsp3) is 0.120. The Morgan fingerprint density at radius 3 is 2.12 bits per heavy atom. The van der Waals surface area contributed by atoms with Gasteiger partial charge in [-0.1, -0.05) is 0 Å². The second-order valence-electron chi connectivity index (χ2n) is 7.70. The summed E-state index contributed by atoms with van der Waals surface area (Å²) in [5.41, 5.74) is 1.56. The number of methoxy groups -OCH3 is 1. The Morgan fingerprint density at radius 1 is 0.941 bits per heavy atom. The van der Waals surface area contributed by atoms with E-state index in [1.54, 1.807) is 24.3 Å². The van der Waals surface area contributed by atoms with Gasteiger partial charge in [-0.3, -0.25) is 4.79 Å². The molecule has 0 aliphatic carbocycles. The number of benzene rings is 3. The molecule has 1 aromatic heterocycles. The van der Waals surface area contributed by atoms with Crippen molar-refractivity contribution in [1.29, 1.82) is 0 Å². The lowest BCUT2D eigenvalue weighted by atomic mass is 10.1. The first-order chi connectivity index (χ1) is 16.2. The molecule has 0 amide bonds. The maximum Gasteiger partial charge on any atom is 0.269 e. The Hall–Kier alpha value is -3.98. The lowest BCUT2D eigenvalue weighted by molar-refractivity contribution is 0.103. The van der Waals surface area contributed by atoms with Crippen LogP contribution in [0.3, 0.4) is 0 Å². The maximum absolute atomic E-state index is 13.5. The monoisotopic (exact) mass is 479 g/mol. The van der Waals surface area contributed by atoms with E-state index in [1.807, 2.05) is 31.1 Å². The SMILES string of the molecule is COc1ccc(S(=O)(=O)n2cc(C(=O)c3ccc(F)cc3)nc2-c2ccc(N(C)C)cc2)cc1. The number of hydrogen-bond acceptors (Lipinski definition) is 6. The molecular formula is C25H22FN3O4S. The second-order valence-corrected chi connectivity index (χ2v) is 9.52. The van der Waals surface area contributed by atoms with Crippen LogP contribution in [0.1, 0.15) is 16.1 Å². The molecule has 0 unspecified atom stereocenters. The standard InChI is InChI=1S/C25H22FN3O4S/c1-28(2)20-10-6-18(7-11-20)25-27-23(24(30)17-4-8-19(26)9-5-17)16-29(25)34(31,32)22-14-12-21(33-3)13-15-22/h4-16H,1-3H3. The van der Waals surface area contributed by atoms with Crippen molar-refractivity contribution in [2.45, 2.75) is 4.90 Å². The summed E-state index contributed by atoms with van der Waals surface area (Å²) in [5, 5.41) is 0. The molecule has 34 heavy (non-hydrogen) atoms. The van der Waals surface area contributed by atoms with Crippen molar-refractivity contribution in [2.75, 3.05) is 26.1 Å². The number of halogens is 1. The van der Waals surface area contributed by atoms with Crippen molar-refractivity contribution >= 4 is 21.5 Å². The number of carbonyl (C=O) groups excluding carboxylic acids is 1. The average molecular weight is 480 g/mol. The van der Waals surface area contributed by atoms with Gasteiger partial charge >= 0.3 is 0 Å². The van der Waals surface area contributed by atoms with Gasteiger partial charge in [-0.05, 0) is 72.8 Å². The van der Waals surface area contributed by atoms with E-state index in [9.17, 15) is 17.6 Å². The molecule has 0 fully saturated rings. The van der Waals surface area contributed by atoms with Crippen molar-refractivity contribution in [1.82, 2.24) is 8.96 Å². The summed E-state index contributed by atoms with van der Waals surface area (Å²) in [7, 11) is 1.18. The van der Waals surface area contributed by atoms with Crippen molar-refractivity contribution in [3.05, 3.63) is 96.1 Å². The first-order valence-electron chi connectivity index (χ1n) is 10.3. The van der Waals surface area contributed by atoms with E-state index in [-0.39, 0.29) is 22.0 Å². The third-order valence-electron chi connectivity index (χ3n) is 5.27. The molecule has 9 heteroatoms. The number of anilines is 1. The zero-order valence-corrected chi connectivity index (χ0v) is 19.6. The quantitative estimate of drug-likeness (QED) is 0.369. The minimum atomic E-state index is -4.09. The molecule has 0 spiro atoms. The molecule has 4 rings (SSSR count). The van der Waals surface area contributed by atoms with E-state index < -0.39 is 21.6 Å². The number of rotatable bonds is 7. The summed E-state index contributed by atoms with van der Waals surface area (Å²) in [5.74, 6) is -0.400. The van der Waals surface area contributed by atoms with E-state index in [4.69, 9.17) is 4.74 Å². The van der Waals surface area contributed by atoms with Gasteiger partial charge in [-0.25, -0.2) is 21.8 Å². The van der Waals surface area contributed by atoms with E-state index in [0.717, 1.165) is 9.66 Å². The average Bonchev–Trinajstić information content (AvgIpc) is 3.30. The predicted molar refractivity (Wildman–Crippen MR) is 127 cm³/mol. The molecular weight excluding hydrogens is 457 g/mol. The minimum absolute atomic E-state index is 0.0117. The molecule has 0 atom stereocenters. The van der Waals surface area contributed by atoms with Crippen LogP contribution in [0, 0.1) is 5.82 Å². The molecule has 3 aromatic carbocycles. The van der Waals surface area contributed by atoms with Gasteiger partial charge in [0, 0.05) is 30.9 Å². The van der Waals surface area contributed by atoms with Gasteiger partial charge in [-0.15, -0.1) is 0 Å². The van der Waals surface area contributed by atoms with Crippen LogP contribution in [0.25, 0.3) is 11.4 Å². The van der Waals surface area contributed by atoms with Crippen LogP contribution in [0.5, 0.6) is 5.75 Å². The predicted octanol–water partition coefficient (Wildman–Crippen LogP) is 4.23. The van der Waals surface area contributed by atoms with E-state index in [1.165, 1.54) is 49.7 Å². The number of imidazole rings is 1. The molecule has 0 radical (unpaired) electrons. The van der Waals surface area contributed by atoms with Crippen LogP contribution in [0.15, 0.2) is 83.9 Å². The molecule has 1 heterocycles. The van der Waals surface area contributed by atoms with Gasteiger partial charge < -0.3 is 9.64 Å². The number of hydrogen-bond donors (Lipinski definition) is 0. The van der Waals surface area contributed by atoms with Gasteiger partial charge in [-0.2, -0.15) is 0 Å². The zero-order valence-electron chi connectivity index (χ0n) is 18.8. The molecule has 0 bridgehead atoms. The first kappa shape index (κ1) is 23.2. The third-order valence-corrected chi connectivity index (χ3v) is 6.94. The normalized spacial score (nSPS) is 11.3. The molecule has 174 valence electrons. The van der Waals surface area contributed by atoms with Crippen LogP contribution < -0.4 is 9.64 Å². The minimum Gasteiger partial charge on any atom is -0.497 e. The Bertz CT molecular complexity index is 1430. The van der Waals surface area contributed by atoms with Crippen LogP contribution in [-0.4, -0.2) is 44.4 Å². The van der Waals surface area contributed by atoms with Crippen LogP contribution in [0.4, 0.5) is 10.1 Å².